The molecule has 0 aliphatic carbocycles. The van der Waals surface area contributed by atoms with Crippen LogP contribution in [-0.4, -0.2) is 28.7 Å². The molecule has 0 fully saturated rings. The Morgan fingerprint density at radius 2 is 0.877 bits per heavy atom. The molecule has 7 heteroatoms. The van der Waals surface area contributed by atoms with Crippen molar-refractivity contribution in [3.05, 3.63) is 170 Å². The molecular formula is C50H28N6S. The second-order valence-corrected chi connectivity index (χ2v) is 14.9. The number of aromatic nitrogens is 6. The highest BCUT2D eigenvalue weighted by Gasteiger charge is 2.20. The van der Waals surface area contributed by atoms with Gasteiger partial charge in [0.1, 0.15) is 11.0 Å². The van der Waals surface area contributed by atoms with E-state index in [2.05, 4.69) is 150 Å². The quantitative estimate of drug-likeness (QED) is 0.167. The van der Waals surface area contributed by atoms with Crippen LogP contribution < -0.4 is 0 Å². The normalized spacial score (nSPS) is 11.9. The summed E-state index contributed by atoms with van der Waals surface area (Å²) in [5, 5.41) is 12.2. The fourth-order valence-electron chi connectivity index (χ4n) is 8.52. The smallest absolute Gasteiger partial charge is 0.164 e. The average molecular weight is 745 g/mol. The molecule has 3 aromatic heterocycles. The highest BCUT2D eigenvalue weighted by atomic mass is 32.1. The van der Waals surface area contributed by atoms with Gasteiger partial charge in [0.05, 0.1) is 22.9 Å². The summed E-state index contributed by atoms with van der Waals surface area (Å²) < 4.78 is 9.35. The van der Waals surface area contributed by atoms with E-state index in [9.17, 15) is 0 Å². The molecule has 0 N–H and O–H groups in total. The summed E-state index contributed by atoms with van der Waals surface area (Å²) >= 11 is 1.23. The Labute approximate surface area is 330 Å². The van der Waals surface area contributed by atoms with Crippen LogP contribution in [0.25, 0.3) is 121 Å². The molecule has 0 radical (unpaired) electrons. The van der Waals surface area contributed by atoms with Crippen molar-refractivity contribution in [1.82, 2.24) is 28.7 Å². The molecule has 12 aromatic rings. The minimum absolute atomic E-state index is 0.572. The summed E-state index contributed by atoms with van der Waals surface area (Å²) in [5.74, 6) is 1.80. The van der Waals surface area contributed by atoms with Crippen molar-refractivity contribution in [1.29, 1.82) is 0 Å². The number of hydrogen-bond donors (Lipinski definition) is 0. The molecule has 0 saturated carbocycles. The SMILES string of the molecule is c1ccc(-c2nc3cc(-c4nc(-c5cc6ccccc6c6ccccc56)nc(-c5cc6ccccc6c6ccccc56)n4)ccc3c3c2ccc2nsnc23)cc1. The summed E-state index contributed by atoms with van der Waals surface area (Å²) in [5.41, 5.74) is 7.27. The summed E-state index contributed by atoms with van der Waals surface area (Å²) in [6.45, 7) is 0. The Balaban J connectivity index is 1.16. The summed E-state index contributed by atoms with van der Waals surface area (Å²) in [6, 6.07) is 59.3. The second-order valence-electron chi connectivity index (χ2n) is 14.4. The first-order valence-corrected chi connectivity index (χ1v) is 19.6. The molecule has 0 amide bonds. The van der Waals surface area contributed by atoms with E-state index in [1.54, 1.807) is 0 Å². The van der Waals surface area contributed by atoms with Gasteiger partial charge in [-0.25, -0.2) is 19.9 Å². The Bertz CT molecular complexity index is 3460. The van der Waals surface area contributed by atoms with Crippen LogP contribution in [0.2, 0.25) is 0 Å². The molecule has 6 nitrogen and oxygen atoms in total. The zero-order chi connectivity index (χ0) is 37.5. The van der Waals surface area contributed by atoms with Crippen molar-refractivity contribution in [2.45, 2.75) is 0 Å². The summed E-state index contributed by atoms with van der Waals surface area (Å²) in [4.78, 5) is 21.3. The first kappa shape index (κ1) is 31.8. The maximum atomic E-state index is 5.35. The molecule has 9 aromatic carbocycles. The third kappa shape index (κ3) is 5.03. The van der Waals surface area contributed by atoms with Crippen molar-refractivity contribution < 1.29 is 0 Å². The lowest BCUT2D eigenvalue weighted by Gasteiger charge is -2.15. The van der Waals surface area contributed by atoms with Gasteiger partial charge < -0.3 is 0 Å². The molecule has 264 valence electrons. The zero-order valence-electron chi connectivity index (χ0n) is 30.3. The van der Waals surface area contributed by atoms with Crippen molar-refractivity contribution in [2.75, 3.05) is 0 Å². The number of benzene rings is 9. The van der Waals surface area contributed by atoms with Gasteiger partial charge in [-0.05, 0) is 73.4 Å². The van der Waals surface area contributed by atoms with Crippen LogP contribution >= 0.6 is 11.7 Å². The third-order valence-corrected chi connectivity index (χ3v) is 11.7. The van der Waals surface area contributed by atoms with Crippen LogP contribution in [0, 0.1) is 0 Å². The molecule has 0 aliphatic heterocycles. The van der Waals surface area contributed by atoms with Crippen molar-refractivity contribution in [3.8, 4) is 45.4 Å². The first-order chi connectivity index (χ1) is 28.2. The number of hydrogen-bond acceptors (Lipinski definition) is 7. The molecule has 0 unspecified atom stereocenters. The van der Waals surface area contributed by atoms with Crippen LogP contribution in [0.1, 0.15) is 0 Å². The van der Waals surface area contributed by atoms with Crippen molar-refractivity contribution in [3.63, 3.8) is 0 Å². The number of pyridine rings is 1. The topological polar surface area (TPSA) is 77.3 Å². The van der Waals surface area contributed by atoms with Gasteiger partial charge in [0, 0.05) is 38.4 Å². The highest BCUT2D eigenvalue weighted by Crippen LogP contribution is 2.40. The van der Waals surface area contributed by atoms with Crippen LogP contribution in [0.5, 0.6) is 0 Å². The predicted molar refractivity (Wildman–Crippen MR) is 235 cm³/mol. The minimum atomic E-state index is 0.572. The molecule has 12 rings (SSSR count). The van der Waals surface area contributed by atoms with E-state index >= 15 is 0 Å². The van der Waals surface area contributed by atoms with E-state index < -0.39 is 0 Å². The fraction of sp³-hybridized carbons (Fsp3) is 0. The molecule has 57 heavy (non-hydrogen) atoms. The lowest BCUT2D eigenvalue weighted by molar-refractivity contribution is 1.08. The molecular weight excluding hydrogens is 717 g/mol. The average Bonchev–Trinajstić information content (AvgIpc) is 3.78. The number of fused-ring (bicyclic) bond motifs is 11. The molecule has 0 spiro atoms. The van der Waals surface area contributed by atoms with Crippen molar-refractivity contribution >= 4 is 87.5 Å². The number of rotatable bonds is 4. The van der Waals surface area contributed by atoms with Crippen LogP contribution in [-0.2, 0) is 0 Å². The molecule has 0 aliphatic rings. The first-order valence-electron chi connectivity index (χ1n) is 18.9. The molecule has 0 bridgehead atoms. The highest BCUT2D eigenvalue weighted by molar-refractivity contribution is 7.00. The van der Waals surface area contributed by atoms with Crippen LogP contribution in [0.3, 0.4) is 0 Å². The van der Waals surface area contributed by atoms with Crippen molar-refractivity contribution in [2.24, 2.45) is 0 Å². The van der Waals surface area contributed by atoms with E-state index in [4.69, 9.17) is 24.3 Å². The van der Waals surface area contributed by atoms with Gasteiger partial charge in [0.25, 0.3) is 0 Å². The van der Waals surface area contributed by atoms with E-state index in [1.807, 2.05) is 24.3 Å². The fourth-order valence-corrected chi connectivity index (χ4v) is 9.06. The Kier molecular flexibility index (Phi) is 7.00. The van der Waals surface area contributed by atoms with Gasteiger partial charge >= 0.3 is 0 Å². The lowest BCUT2D eigenvalue weighted by atomic mass is 9.96. The van der Waals surface area contributed by atoms with E-state index in [1.165, 1.54) is 22.5 Å². The van der Waals surface area contributed by atoms with Crippen LogP contribution in [0.4, 0.5) is 0 Å². The minimum Gasteiger partial charge on any atom is -0.247 e. The third-order valence-electron chi connectivity index (χ3n) is 11.1. The largest absolute Gasteiger partial charge is 0.247 e. The lowest BCUT2D eigenvalue weighted by Crippen LogP contribution is -2.01. The van der Waals surface area contributed by atoms with Gasteiger partial charge in [-0.15, -0.1) is 0 Å². The zero-order valence-corrected chi connectivity index (χ0v) is 31.1. The van der Waals surface area contributed by atoms with Gasteiger partial charge in [0.15, 0.2) is 17.5 Å². The summed E-state index contributed by atoms with van der Waals surface area (Å²) in [7, 11) is 0. The van der Waals surface area contributed by atoms with Gasteiger partial charge in [-0.3, -0.25) is 0 Å². The van der Waals surface area contributed by atoms with Gasteiger partial charge in [-0.2, -0.15) is 8.75 Å². The van der Waals surface area contributed by atoms with E-state index in [0.29, 0.717) is 17.5 Å². The van der Waals surface area contributed by atoms with E-state index in [0.717, 1.165) is 93.0 Å². The molecule has 0 saturated heterocycles. The maximum absolute atomic E-state index is 5.35. The monoisotopic (exact) mass is 744 g/mol. The standard InChI is InChI=1S/C50H28N6S/c1-2-12-29(13-3-1)46-40-24-25-43-47(56-57-55-43)45(40)39-23-22-32(28-44(39)51-46)48-52-49(41-26-30-14-4-6-16-33(30)35-18-8-10-20-37(35)41)54-50(53-48)42-27-31-15-5-7-17-34(31)36-19-9-11-21-38(36)42/h1-28H. The van der Waals surface area contributed by atoms with E-state index in [-0.39, 0.29) is 0 Å². The molecule has 0 atom stereocenters. The Hall–Kier alpha value is -7.48. The van der Waals surface area contributed by atoms with Gasteiger partial charge in [0.2, 0.25) is 0 Å². The summed E-state index contributed by atoms with van der Waals surface area (Å²) in [6.07, 6.45) is 0. The van der Waals surface area contributed by atoms with Crippen LogP contribution in [0.15, 0.2) is 170 Å². The second kappa shape index (κ2) is 12.5. The maximum Gasteiger partial charge on any atom is 0.164 e. The Morgan fingerprint density at radius 1 is 0.333 bits per heavy atom. The number of nitrogens with zero attached hydrogens (tertiary/aromatic N) is 6. The predicted octanol–water partition coefficient (Wildman–Crippen LogP) is 12.9. The molecule has 3 heterocycles. The Morgan fingerprint density at radius 3 is 1.53 bits per heavy atom. The van der Waals surface area contributed by atoms with Gasteiger partial charge in [-0.1, -0.05) is 140 Å².